The number of carbonyl (C=O) groups excluding carboxylic acids is 1. The lowest BCUT2D eigenvalue weighted by Gasteiger charge is -2.24. The summed E-state index contributed by atoms with van der Waals surface area (Å²) in [6.45, 7) is 1.28. The Morgan fingerprint density at radius 2 is 1.38 bits per heavy atom. The van der Waals surface area contributed by atoms with Crippen LogP contribution in [0.5, 0.6) is 0 Å². The van der Waals surface area contributed by atoms with Gasteiger partial charge in [0.1, 0.15) is 6.54 Å². The second-order valence-electron chi connectivity index (χ2n) is 8.58. The maximum atomic E-state index is 13.5. The van der Waals surface area contributed by atoms with Gasteiger partial charge < -0.3 is 5.32 Å². The maximum Gasteiger partial charge on any atom is 0.264 e. The average Bonchev–Trinajstić information content (AvgIpc) is 2.91. The van der Waals surface area contributed by atoms with Crippen LogP contribution in [-0.4, -0.2) is 29.3 Å². The van der Waals surface area contributed by atoms with Gasteiger partial charge in [-0.05, 0) is 79.7 Å². The van der Waals surface area contributed by atoms with E-state index < -0.39 is 32.5 Å². The van der Waals surface area contributed by atoms with Crippen LogP contribution in [0.2, 0.25) is 15.1 Å². The van der Waals surface area contributed by atoms with Crippen LogP contribution < -0.4 is 14.3 Å². The Morgan fingerprint density at radius 3 is 2.00 bits per heavy atom. The van der Waals surface area contributed by atoms with Crippen LogP contribution >= 0.6 is 34.8 Å². The predicted molar refractivity (Wildman–Crippen MR) is 160 cm³/mol. The van der Waals surface area contributed by atoms with Crippen molar-refractivity contribution >= 4 is 77.8 Å². The van der Waals surface area contributed by atoms with Gasteiger partial charge in [0.15, 0.2) is 0 Å². The second kappa shape index (κ2) is 12.1. The van der Waals surface area contributed by atoms with E-state index in [2.05, 4.69) is 10.0 Å². The summed E-state index contributed by atoms with van der Waals surface area (Å²) < 4.78 is 55.9. The van der Waals surface area contributed by atoms with Crippen molar-refractivity contribution < 1.29 is 21.6 Å². The Balaban J connectivity index is 1.53. The van der Waals surface area contributed by atoms with Crippen molar-refractivity contribution in [2.45, 2.75) is 16.7 Å². The molecule has 0 radical (unpaired) electrons. The van der Waals surface area contributed by atoms with E-state index in [-0.39, 0.29) is 36.9 Å². The van der Waals surface area contributed by atoms with E-state index in [1.165, 1.54) is 72.8 Å². The van der Waals surface area contributed by atoms with Gasteiger partial charge in [-0.2, -0.15) is 0 Å². The maximum absolute atomic E-state index is 13.5. The number of nitrogens with one attached hydrogen (secondary N) is 2. The molecule has 0 saturated carbocycles. The minimum absolute atomic E-state index is 0.0164. The lowest BCUT2D eigenvalue weighted by atomic mass is 10.2. The quantitative estimate of drug-likeness (QED) is 0.215. The molecule has 0 unspecified atom stereocenters. The van der Waals surface area contributed by atoms with Crippen LogP contribution in [0.3, 0.4) is 0 Å². The van der Waals surface area contributed by atoms with Crippen molar-refractivity contribution in [2.75, 3.05) is 20.9 Å². The number of nitrogens with zero attached hydrogens (tertiary/aromatic N) is 1. The van der Waals surface area contributed by atoms with E-state index in [9.17, 15) is 21.6 Å². The number of amides is 1. The molecule has 4 rings (SSSR count). The predicted octanol–water partition coefficient (Wildman–Crippen LogP) is 6.59. The Labute approximate surface area is 247 Å². The fourth-order valence-corrected chi connectivity index (χ4v) is 6.62. The molecule has 0 saturated heterocycles. The SMILES string of the molecule is Cc1ccc(S(=O)(=O)N(CC(=O)Nc2ccc(S(=O)(=O)Nc3cccc(Cl)c3Cl)cc2)c2ccc(Cl)cc2)cc1. The lowest BCUT2D eigenvalue weighted by molar-refractivity contribution is -0.114. The van der Waals surface area contributed by atoms with Gasteiger partial charge in [-0.3, -0.25) is 13.8 Å². The Kier molecular flexibility index (Phi) is 8.96. The smallest absolute Gasteiger partial charge is 0.264 e. The number of aryl methyl sites for hydroxylation is 1. The molecule has 4 aromatic carbocycles. The van der Waals surface area contributed by atoms with Crippen LogP contribution in [0.25, 0.3) is 0 Å². The minimum atomic E-state index is -4.11. The standard InChI is InChI=1S/C27H22Cl3N3O5S2/c1-18-5-13-23(14-6-18)40(37,38)33(21-11-7-19(28)8-12-21)17-26(34)31-20-9-15-22(16-10-20)39(35,36)32-25-4-2-3-24(29)27(25)30/h2-16,32H,17H2,1H3,(H,31,34). The zero-order valence-electron chi connectivity index (χ0n) is 20.8. The van der Waals surface area contributed by atoms with Gasteiger partial charge in [-0.1, -0.05) is 58.6 Å². The van der Waals surface area contributed by atoms with Gasteiger partial charge in [0, 0.05) is 10.7 Å². The van der Waals surface area contributed by atoms with Gasteiger partial charge in [-0.15, -0.1) is 0 Å². The fraction of sp³-hybridized carbons (Fsp3) is 0.0741. The summed E-state index contributed by atoms with van der Waals surface area (Å²) in [5, 5.41) is 3.26. The molecule has 208 valence electrons. The van der Waals surface area contributed by atoms with Crippen LogP contribution in [0, 0.1) is 6.92 Å². The highest BCUT2D eigenvalue weighted by atomic mass is 35.5. The average molecular weight is 639 g/mol. The number of benzene rings is 4. The molecule has 0 atom stereocenters. The van der Waals surface area contributed by atoms with E-state index in [4.69, 9.17) is 34.8 Å². The molecule has 0 aliphatic heterocycles. The molecule has 1 amide bonds. The first-order chi connectivity index (χ1) is 18.9. The number of sulfonamides is 2. The molecule has 0 fully saturated rings. The van der Waals surface area contributed by atoms with Crippen molar-refractivity contribution in [1.82, 2.24) is 0 Å². The van der Waals surface area contributed by atoms with Gasteiger partial charge >= 0.3 is 0 Å². The molecule has 13 heteroatoms. The van der Waals surface area contributed by atoms with Gasteiger partial charge in [0.05, 0.1) is 31.2 Å². The molecule has 8 nitrogen and oxygen atoms in total. The monoisotopic (exact) mass is 637 g/mol. The molecule has 4 aromatic rings. The zero-order chi connectivity index (χ0) is 29.1. The van der Waals surface area contributed by atoms with Crippen molar-refractivity contribution in [3.8, 4) is 0 Å². The minimum Gasteiger partial charge on any atom is -0.325 e. The number of carbonyl (C=O) groups is 1. The number of hydrogen-bond acceptors (Lipinski definition) is 5. The van der Waals surface area contributed by atoms with Gasteiger partial charge in [-0.25, -0.2) is 16.8 Å². The van der Waals surface area contributed by atoms with E-state index in [0.717, 1.165) is 9.87 Å². The van der Waals surface area contributed by atoms with Crippen LogP contribution in [0.4, 0.5) is 17.1 Å². The summed E-state index contributed by atoms with van der Waals surface area (Å²) in [6.07, 6.45) is 0. The van der Waals surface area contributed by atoms with Crippen molar-refractivity contribution in [3.63, 3.8) is 0 Å². The summed E-state index contributed by atoms with van der Waals surface area (Å²) in [5.41, 5.74) is 1.50. The fourth-order valence-electron chi connectivity index (χ4n) is 3.59. The largest absolute Gasteiger partial charge is 0.325 e. The van der Waals surface area contributed by atoms with Crippen LogP contribution in [0.15, 0.2) is 101 Å². The lowest BCUT2D eigenvalue weighted by Crippen LogP contribution is -2.38. The Hall–Kier alpha value is -3.28. The summed E-state index contributed by atoms with van der Waals surface area (Å²) >= 11 is 18.0. The molecule has 40 heavy (non-hydrogen) atoms. The third kappa shape index (κ3) is 6.89. The van der Waals surface area contributed by atoms with Crippen molar-refractivity contribution in [1.29, 1.82) is 0 Å². The van der Waals surface area contributed by atoms with E-state index in [1.54, 1.807) is 18.2 Å². The first-order valence-electron chi connectivity index (χ1n) is 11.6. The normalized spacial score (nSPS) is 11.6. The molecular formula is C27H22Cl3N3O5S2. The van der Waals surface area contributed by atoms with Gasteiger partial charge in [0.2, 0.25) is 5.91 Å². The third-order valence-corrected chi connectivity index (χ3v) is 9.90. The molecule has 0 bridgehead atoms. The van der Waals surface area contributed by atoms with Crippen molar-refractivity contribution in [2.24, 2.45) is 0 Å². The number of hydrogen-bond donors (Lipinski definition) is 2. The number of rotatable bonds is 9. The topological polar surface area (TPSA) is 113 Å². The zero-order valence-corrected chi connectivity index (χ0v) is 24.7. The second-order valence-corrected chi connectivity index (χ2v) is 13.3. The number of halogens is 3. The summed E-state index contributed by atoms with van der Waals surface area (Å²) in [7, 11) is -8.13. The Morgan fingerprint density at radius 1 is 0.775 bits per heavy atom. The van der Waals surface area contributed by atoms with Crippen LogP contribution in [-0.2, 0) is 24.8 Å². The molecular weight excluding hydrogens is 617 g/mol. The van der Waals surface area contributed by atoms with E-state index >= 15 is 0 Å². The molecule has 0 heterocycles. The molecule has 0 spiro atoms. The van der Waals surface area contributed by atoms with E-state index in [0.29, 0.717) is 5.02 Å². The molecule has 0 aliphatic rings. The summed E-state index contributed by atoms with van der Waals surface area (Å²) in [4.78, 5) is 12.9. The first kappa shape index (κ1) is 29.7. The highest BCUT2D eigenvalue weighted by Gasteiger charge is 2.27. The Bertz CT molecular complexity index is 1750. The van der Waals surface area contributed by atoms with E-state index in [1.807, 2.05) is 6.92 Å². The summed E-state index contributed by atoms with van der Waals surface area (Å²) in [6, 6.07) is 22.2. The highest BCUT2D eigenvalue weighted by Crippen LogP contribution is 2.31. The molecule has 0 aliphatic carbocycles. The highest BCUT2D eigenvalue weighted by molar-refractivity contribution is 7.93. The molecule has 0 aromatic heterocycles. The first-order valence-corrected chi connectivity index (χ1v) is 15.6. The summed E-state index contributed by atoms with van der Waals surface area (Å²) in [5.74, 6) is -0.648. The van der Waals surface area contributed by atoms with Crippen LogP contribution in [0.1, 0.15) is 5.56 Å². The molecule has 2 N–H and O–H groups in total. The van der Waals surface area contributed by atoms with Crippen molar-refractivity contribution in [3.05, 3.63) is 112 Å². The third-order valence-electron chi connectivity index (χ3n) is 5.66. The number of anilines is 3. The van der Waals surface area contributed by atoms with Gasteiger partial charge in [0.25, 0.3) is 20.0 Å².